The van der Waals surface area contributed by atoms with E-state index >= 15 is 0 Å². The molecule has 0 saturated carbocycles. The van der Waals surface area contributed by atoms with Crippen LogP contribution in [0.1, 0.15) is 40.5 Å². The van der Waals surface area contributed by atoms with Crippen LogP contribution in [0.15, 0.2) is 0 Å². The van der Waals surface area contributed by atoms with E-state index in [1.807, 2.05) is 6.92 Å². The van der Waals surface area contributed by atoms with Crippen LogP contribution in [0.5, 0.6) is 0 Å². The smallest absolute Gasteiger partial charge is 0.307 e. The van der Waals surface area contributed by atoms with Crippen LogP contribution in [0.4, 0.5) is 0 Å². The van der Waals surface area contributed by atoms with Gasteiger partial charge in [-0.1, -0.05) is 20.3 Å². The normalized spacial score (nSPS) is 15.1. The van der Waals surface area contributed by atoms with Crippen molar-refractivity contribution in [1.82, 2.24) is 4.90 Å². The second-order valence-electron chi connectivity index (χ2n) is 4.31. The first kappa shape index (κ1) is 14.4. The lowest BCUT2D eigenvalue weighted by molar-refractivity contribution is -0.144. The van der Waals surface area contributed by atoms with Crippen molar-refractivity contribution in [2.75, 3.05) is 20.2 Å². The van der Waals surface area contributed by atoms with E-state index in [9.17, 15) is 4.79 Å². The number of nitrogens with zero attached hydrogens (tertiary/aromatic N) is 1. The lowest BCUT2D eigenvalue weighted by atomic mass is 10.1. The van der Waals surface area contributed by atoms with Crippen molar-refractivity contribution in [3.8, 4) is 0 Å². The summed E-state index contributed by atoms with van der Waals surface area (Å²) in [6.45, 7) is 9.84. The van der Waals surface area contributed by atoms with Gasteiger partial charge < -0.3 is 9.64 Å². The second kappa shape index (κ2) is 7.69. The fraction of sp³-hybridized carbons (Fsp3) is 0.917. The summed E-state index contributed by atoms with van der Waals surface area (Å²) in [5.74, 6) is 0.584. The Hall–Kier alpha value is -0.570. The molecule has 3 nitrogen and oxygen atoms in total. The maximum atomic E-state index is 11.3. The van der Waals surface area contributed by atoms with Crippen molar-refractivity contribution in [2.24, 2.45) is 5.92 Å². The summed E-state index contributed by atoms with van der Waals surface area (Å²) in [6, 6.07) is 0.262. The van der Waals surface area contributed by atoms with Crippen molar-refractivity contribution in [1.29, 1.82) is 0 Å². The SMILES string of the molecule is CCOC(=O)CC(C)N(C)CC(C)CC. The third kappa shape index (κ3) is 6.50. The molecule has 0 spiro atoms. The summed E-state index contributed by atoms with van der Waals surface area (Å²) >= 11 is 0. The average molecular weight is 215 g/mol. The third-order valence-electron chi connectivity index (χ3n) is 2.82. The molecule has 0 radical (unpaired) electrons. The van der Waals surface area contributed by atoms with E-state index in [0.29, 0.717) is 18.9 Å². The largest absolute Gasteiger partial charge is 0.466 e. The van der Waals surface area contributed by atoms with E-state index in [1.54, 1.807) is 0 Å². The lowest BCUT2D eigenvalue weighted by Crippen LogP contribution is -2.34. The van der Waals surface area contributed by atoms with Crippen LogP contribution in [0.2, 0.25) is 0 Å². The minimum atomic E-state index is -0.0963. The third-order valence-corrected chi connectivity index (χ3v) is 2.82. The van der Waals surface area contributed by atoms with Gasteiger partial charge in [-0.3, -0.25) is 4.79 Å². The number of rotatable bonds is 7. The van der Waals surface area contributed by atoms with Crippen molar-refractivity contribution in [3.63, 3.8) is 0 Å². The maximum absolute atomic E-state index is 11.3. The molecule has 0 aliphatic rings. The Labute approximate surface area is 93.8 Å². The molecule has 0 N–H and O–H groups in total. The Morgan fingerprint density at radius 3 is 2.40 bits per heavy atom. The monoisotopic (exact) mass is 215 g/mol. The first-order valence-electron chi connectivity index (χ1n) is 5.87. The summed E-state index contributed by atoms with van der Waals surface area (Å²) in [6.07, 6.45) is 1.66. The highest BCUT2D eigenvalue weighted by Crippen LogP contribution is 2.08. The van der Waals surface area contributed by atoms with Gasteiger partial charge in [0, 0.05) is 12.6 Å². The van der Waals surface area contributed by atoms with Crippen LogP contribution >= 0.6 is 0 Å². The highest BCUT2D eigenvalue weighted by Gasteiger charge is 2.15. The number of hydrogen-bond donors (Lipinski definition) is 0. The fourth-order valence-corrected chi connectivity index (χ4v) is 1.42. The molecule has 0 aromatic heterocycles. The number of carbonyl (C=O) groups is 1. The Kier molecular flexibility index (Phi) is 7.39. The maximum Gasteiger partial charge on any atom is 0.307 e. The molecular weight excluding hydrogens is 190 g/mol. The Balaban J connectivity index is 3.87. The molecule has 0 rings (SSSR count). The minimum absolute atomic E-state index is 0.0963. The quantitative estimate of drug-likeness (QED) is 0.610. The zero-order chi connectivity index (χ0) is 11.8. The number of ether oxygens (including phenoxy) is 1. The highest BCUT2D eigenvalue weighted by atomic mass is 16.5. The van der Waals surface area contributed by atoms with Gasteiger partial charge in [0.15, 0.2) is 0 Å². The van der Waals surface area contributed by atoms with E-state index in [-0.39, 0.29) is 12.0 Å². The molecule has 0 bridgehead atoms. The van der Waals surface area contributed by atoms with E-state index in [2.05, 4.69) is 32.7 Å². The van der Waals surface area contributed by atoms with Gasteiger partial charge in [-0.2, -0.15) is 0 Å². The molecule has 0 aliphatic heterocycles. The van der Waals surface area contributed by atoms with Crippen molar-refractivity contribution in [3.05, 3.63) is 0 Å². The fourth-order valence-electron chi connectivity index (χ4n) is 1.42. The van der Waals surface area contributed by atoms with Gasteiger partial charge in [-0.25, -0.2) is 0 Å². The van der Waals surface area contributed by atoms with Crippen LogP contribution in [-0.2, 0) is 9.53 Å². The molecule has 0 aromatic rings. The Morgan fingerprint density at radius 1 is 1.33 bits per heavy atom. The van der Waals surface area contributed by atoms with Gasteiger partial charge in [0.05, 0.1) is 13.0 Å². The summed E-state index contributed by atoms with van der Waals surface area (Å²) in [5.41, 5.74) is 0. The minimum Gasteiger partial charge on any atom is -0.466 e. The molecule has 2 atom stereocenters. The Morgan fingerprint density at radius 2 is 1.93 bits per heavy atom. The van der Waals surface area contributed by atoms with E-state index in [4.69, 9.17) is 4.74 Å². The molecule has 15 heavy (non-hydrogen) atoms. The first-order chi connectivity index (χ1) is 7.01. The van der Waals surface area contributed by atoms with Crippen LogP contribution in [0.25, 0.3) is 0 Å². The van der Waals surface area contributed by atoms with Crippen molar-refractivity contribution >= 4 is 5.97 Å². The van der Waals surface area contributed by atoms with Crippen LogP contribution < -0.4 is 0 Å². The summed E-state index contributed by atoms with van der Waals surface area (Å²) in [5, 5.41) is 0. The molecule has 3 heteroatoms. The zero-order valence-electron chi connectivity index (χ0n) is 10.7. The van der Waals surface area contributed by atoms with Crippen LogP contribution in [0, 0.1) is 5.92 Å². The first-order valence-corrected chi connectivity index (χ1v) is 5.87. The average Bonchev–Trinajstić information content (AvgIpc) is 2.17. The zero-order valence-corrected chi connectivity index (χ0v) is 10.7. The molecule has 90 valence electrons. The molecule has 0 saturated heterocycles. The number of hydrogen-bond acceptors (Lipinski definition) is 3. The van der Waals surface area contributed by atoms with Gasteiger partial charge in [-0.15, -0.1) is 0 Å². The Bertz CT molecular complexity index is 182. The van der Waals surface area contributed by atoms with Crippen LogP contribution in [-0.4, -0.2) is 37.1 Å². The topological polar surface area (TPSA) is 29.5 Å². The molecule has 0 aliphatic carbocycles. The van der Waals surface area contributed by atoms with Crippen molar-refractivity contribution < 1.29 is 9.53 Å². The second-order valence-corrected chi connectivity index (χ2v) is 4.31. The van der Waals surface area contributed by atoms with E-state index in [1.165, 1.54) is 6.42 Å². The van der Waals surface area contributed by atoms with Gasteiger partial charge >= 0.3 is 5.97 Å². The standard InChI is InChI=1S/C12H25NO2/c1-6-10(3)9-13(5)11(4)8-12(14)15-7-2/h10-11H,6-9H2,1-5H3. The van der Waals surface area contributed by atoms with Gasteiger partial charge in [-0.05, 0) is 26.8 Å². The van der Waals surface area contributed by atoms with Gasteiger partial charge in [0.2, 0.25) is 0 Å². The lowest BCUT2D eigenvalue weighted by Gasteiger charge is -2.26. The van der Waals surface area contributed by atoms with Crippen molar-refractivity contribution in [2.45, 2.75) is 46.6 Å². The van der Waals surface area contributed by atoms with E-state index < -0.39 is 0 Å². The predicted octanol–water partition coefficient (Wildman–Crippen LogP) is 2.31. The summed E-state index contributed by atoms with van der Waals surface area (Å²) in [4.78, 5) is 13.5. The predicted molar refractivity (Wildman–Crippen MR) is 62.8 cm³/mol. The van der Waals surface area contributed by atoms with Gasteiger partial charge in [0.1, 0.15) is 0 Å². The number of carbonyl (C=O) groups excluding carboxylic acids is 1. The van der Waals surface area contributed by atoms with E-state index in [0.717, 1.165) is 6.54 Å². The molecule has 0 heterocycles. The molecular formula is C12H25NO2. The molecule has 0 fully saturated rings. The molecule has 0 amide bonds. The molecule has 2 unspecified atom stereocenters. The van der Waals surface area contributed by atoms with Gasteiger partial charge in [0.25, 0.3) is 0 Å². The number of esters is 1. The highest BCUT2D eigenvalue weighted by molar-refractivity contribution is 5.69. The summed E-state index contributed by atoms with van der Waals surface area (Å²) < 4.78 is 4.93. The summed E-state index contributed by atoms with van der Waals surface area (Å²) in [7, 11) is 2.07. The van der Waals surface area contributed by atoms with Crippen LogP contribution in [0.3, 0.4) is 0 Å². The molecule has 0 aromatic carbocycles.